The van der Waals surface area contributed by atoms with Crippen LogP contribution in [-0.2, 0) is 74.6 Å². The number of nitrogens with one attached hydrogen (secondary N) is 3. The number of benzene rings is 2. The number of ether oxygens (including phenoxy) is 2. The lowest BCUT2D eigenvalue weighted by atomic mass is 9.87. The van der Waals surface area contributed by atoms with E-state index in [2.05, 4.69) is 196 Å². The Morgan fingerprint density at radius 3 is 1.45 bits per heavy atom. The maximum Gasteiger partial charge on any atom is 0.341 e. The fourth-order valence-corrected chi connectivity index (χ4v) is 11.2. The molecule has 0 atom stereocenters. The van der Waals surface area contributed by atoms with Crippen molar-refractivity contribution in [3.8, 4) is 45.9 Å². The number of carbonyl (C=O) groups excluding carboxylic acids is 3. The van der Waals surface area contributed by atoms with Gasteiger partial charge >= 0.3 is 11.9 Å². The molecule has 0 aliphatic rings. The van der Waals surface area contributed by atoms with Gasteiger partial charge in [0.15, 0.2) is 17.1 Å². The Bertz CT molecular complexity index is 5510. The lowest BCUT2D eigenvalue weighted by Crippen LogP contribution is -2.16. The van der Waals surface area contributed by atoms with Crippen LogP contribution in [0.25, 0.3) is 45.1 Å². The third kappa shape index (κ3) is 31.7. The van der Waals surface area contributed by atoms with Crippen molar-refractivity contribution >= 4 is 136 Å². The van der Waals surface area contributed by atoms with Crippen molar-refractivity contribution in [3.63, 3.8) is 0 Å². The van der Waals surface area contributed by atoms with Crippen LogP contribution in [0.15, 0.2) is 188 Å². The van der Waals surface area contributed by atoms with Crippen molar-refractivity contribution in [3.05, 3.63) is 206 Å². The van der Waals surface area contributed by atoms with Crippen molar-refractivity contribution in [1.82, 2.24) is 103 Å². The number of rotatable bonds is 16. The minimum absolute atomic E-state index is 0.0224. The first-order valence-corrected chi connectivity index (χ1v) is 47.2. The number of hydrogen-bond donors (Lipinski definition) is 5. The molecule has 35 nitrogen and oxygen atoms in total. The number of fused-ring (bicyclic) bond motifs is 2. The molecule has 0 saturated carbocycles. The van der Waals surface area contributed by atoms with E-state index >= 15 is 0 Å². The van der Waals surface area contributed by atoms with Crippen molar-refractivity contribution in [2.24, 2.45) is 35.2 Å². The van der Waals surface area contributed by atoms with Gasteiger partial charge in [0, 0.05) is 193 Å². The zero-order valence-corrected chi connectivity index (χ0v) is 75.7. The van der Waals surface area contributed by atoms with Gasteiger partial charge in [-0.2, -0.15) is 65.4 Å². The van der Waals surface area contributed by atoms with Gasteiger partial charge in [-0.15, -0.1) is 0 Å². The number of hydrogen-bond acceptors (Lipinski definition) is 25. The van der Waals surface area contributed by atoms with Gasteiger partial charge in [-0.25, -0.2) is 36.4 Å². The van der Waals surface area contributed by atoms with E-state index in [9.17, 15) is 31.2 Å². The molecule has 41 heteroatoms. The van der Waals surface area contributed by atoms with Gasteiger partial charge in [0.25, 0.3) is 19.1 Å². The van der Waals surface area contributed by atoms with Gasteiger partial charge in [0.2, 0.25) is 0 Å². The van der Waals surface area contributed by atoms with Gasteiger partial charge in [0.05, 0.1) is 113 Å². The van der Waals surface area contributed by atoms with Crippen LogP contribution in [0.2, 0.25) is 0 Å². The highest BCUT2D eigenvalue weighted by atomic mass is 128. The Hall–Kier alpha value is -10.9. The Morgan fingerprint density at radius 1 is 0.603 bits per heavy atom. The zero-order valence-electron chi connectivity index (χ0n) is 66.8. The van der Waals surface area contributed by atoms with Gasteiger partial charge < -0.3 is 25.8 Å². The van der Waals surface area contributed by atoms with Crippen molar-refractivity contribution < 1.29 is 40.7 Å². The lowest BCUT2D eigenvalue weighted by molar-refractivity contribution is 0.0516. The Balaban J connectivity index is 0.000000287. The quantitative estimate of drug-likeness (QED) is 0.0150. The number of nitrogens with two attached hydrogens (primary N) is 2. The summed E-state index contributed by atoms with van der Waals surface area (Å²) in [6.07, 6.45) is 26.4. The Labute approximate surface area is 715 Å². The number of nitriles is 2. The van der Waals surface area contributed by atoms with Crippen LogP contribution in [-0.4, -0.2) is 169 Å². The summed E-state index contributed by atoms with van der Waals surface area (Å²) in [6, 6.07) is 26.0. The van der Waals surface area contributed by atoms with E-state index in [-0.39, 0.29) is 44.8 Å². The SMILES string of the molecule is CC(C)(C)c1ccc(S(=O)(=O)Cl)cc1.CCN(/C=C/C#N)CC.CCOC(=O)c1cn[nH]c1.CCOC(=O)c1cnn(C)c1.CI.Cn1cc(-c2cc(N)n[nH]2)cn1.Cn1cc(-c2cc3nccc(N)n3n2)cn1.Cn1cc(-c2cc3nccc(NS(=O)(=O)c4ccc(C(C)(C)C)cc4)n3n2)cn1.Cn1cc(C(=O)CC#N)cn1.II. The predicted molar refractivity (Wildman–Crippen MR) is 471 cm³/mol. The first-order chi connectivity index (χ1) is 55.0. The summed E-state index contributed by atoms with van der Waals surface area (Å²) in [7, 11) is 6.86. The molecule has 618 valence electrons. The average molecular weight is 1980 g/mol. The molecular weight excluding hydrogens is 1890 g/mol. The van der Waals surface area contributed by atoms with Crippen LogP contribution in [0.3, 0.4) is 0 Å². The second-order valence-corrected chi connectivity index (χ2v) is 30.2. The van der Waals surface area contributed by atoms with Crippen LogP contribution in [0.4, 0.5) is 17.5 Å². The number of aryl methyl sites for hydroxylation is 5. The molecule has 7 N–H and O–H groups in total. The smallest absolute Gasteiger partial charge is 0.341 e. The van der Waals surface area contributed by atoms with Gasteiger partial charge in [-0.1, -0.05) is 88.4 Å². The summed E-state index contributed by atoms with van der Waals surface area (Å²) < 4.78 is 71.1. The molecule has 13 rings (SSSR count). The molecule has 0 unspecified atom stereocenters. The van der Waals surface area contributed by atoms with E-state index in [0.29, 0.717) is 58.7 Å². The predicted octanol–water partition coefficient (Wildman–Crippen LogP) is 13.1. The first kappa shape index (κ1) is 97.4. The molecule has 116 heavy (non-hydrogen) atoms. The van der Waals surface area contributed by atoms with Crippen LogP contribution in [0, 0.1) is 22.7 Å². The minimum atomic E-state index is -3.77. The summed E-state index contributed by atoms with van der Waals surface area (Å²) in [4.78, 5) is 45.6. The molecule has 0 saturated heterocycles. The molecule has 11 aromatic heterocycles. The zero-order chi connectivity index (χ0) is 86.5. The molecule has 0 aliphatic carbocycles. The number of aromatic amines is 2. The van der Waals surface area contributed by atoms with E-state index in [1.165, 1.54) is 52.2 Å². The average Bonchev–Trinajstić information content (AvgIpc) is 1.63. The fourth-order valence-electron chi connectivity index (χ4n) is 9.40. The number of Topliss-reactive ketones (excluding diaryl/α,β-unsaturated/α-hetero) is 1. The molecule has 0 amide bonds. The Kier molecular flexibility index (Phi) is 40.1. The maximum absolute atomic E-state index is 12.9. The highest BCUT2D eigenvalue weighted by molar-refractivity contribution is 15.0. The van der Waals surface area contributed by atoms with Gasteiger partial charge in [-0.05, 0) is 91.0 Å². The number of nitrogens with zero attached hydrogens (tertiary/aromatic N) is 21. The van der Waals surface area contributed by atoms with Crippen LogP contribution in [0.1, 0.15) is 118 Å². The lowest BCUT2D eigenvalue weighted by Gasteiger charge is -2.19. The number of aromatic nitrogens is 20. The van der Waals surface area contributed by atoms with Crippen LogP contribution < -0.4 is 16.2 Å². The van der Waals surface area contributed by atoms with Crippen LogP contribution in [0.5, 0.6) is 0 Å². The van der Waals surface area contributed by atoms with Gasteiger partial charge in [-0.3, -0.25) is 43.1 Å². The summed E-state index contributed by atoms with van der Waals surface area (Å²) >= 11 is 6.39. The largest absolute Gasteiger partial charge is 0.462 e. The molecule has 11 heterocycles. The third-order valence-corrected chi connectivity index (χ3v) is 18.0. The second kappa shape index (κ2) is 47.8. The van der Waals surface area contributed by atoms with Crippen molar-refractivity contribution in [2.45, 2.75) is 96.3 Å². The summed E-state index contributed by atoms with van der Waals surface area (Å²) in [5.74, 6) is 0.538. The molecule has 13 aromatic rings. The normalized spacial score (nSPS) is 10.7. The number of anilines is 3. The van der Waals surface area contributed by atoms with E-state index in [0.717, 1.165) is 57.9 Å². The highest BCUT2D eigenvalue weighted by Crippen LogP contribution is 2.28. The number of carbonyl (C=O) groups is 3. The number of esters is 2. The number of halogens is 4. The standard InChI is InChI=1S/C20H22N6O2S.C10H13ClO2S.C10H10N6.C7H9N5.C7H7N3O.C7H10N2O2.C7H12N2.C6H8N2O2.CH3I.I2/c1-20(2,3)15-5-7-16(8-6-15)29(27,28)24-18-9-10-21-19-11-17(23-26(18)19)14-12-22-25(4)13-14;1-10(2,3)8-4-6-9(7-5-8)14(11,12)13;1-15-6-7(5-13-15)8-4-10-12-3-2-9(11)16(10)14-8;1-12-4-5(3-9-12)6-2-7(8)11-10-6;1-10-5-6(4-9-10)7(11)2-3-8;1-3-11-7(10)6-4-8-9(2)5-6;1-3-9(4-2)7-5-6-8;1-2-10-6(9)5-3-7-8-4-5;2*1-2/h5-13,24H,1-4H3;4-7H,1-3H3;2-6H,11H2,1H3;2-4H,1H3,(H3,8,10,11);4-5H,2H2,1H3;4-5H,3H2,1-2H3;5,7H,3-4H2,1-2H3;3-4H,2H2,1H3,(H,7,8);1H3;/b;;;;;;7-5+;;;. The summed E-state index contributed by atoms with van der Waals surface area (Å²) in [5.41, 5.74) is 21.2. The van der Waals surface area contributed by atoms with Crippen molar-refractivity contribution in [2.75, 3.05) is 47.4 Å². The number of sulfonamides is 1. The number of alkyl halides is 1. The van der Waals surface area contributed by atoms with Crippen molar-refractivity contribution in [1.29, 1.82) is 10.5 Å². The molecule has 0 radical (unpaired) electrons. The molecular formula is C75H94ClI3N26O9S2. The Morgan fingerprint density at radius 2 is 1.05 bits per heavy atom. The fraction of sp³-hybridized carbons (Fsp3) is 0.307. The van der Waals surface area contributed by atoms with E-state index in [1.807, 2.05) is 68.9 Å². The van der Waals surface area contributed by atoms with Crippen LogP contribution >= 0.6 is 70.5 Å². The summed E-state index contributed by atoms with van der Waals surface area (Å²) in [6.45, 7) is 22.8. The van der Waals surface area contributed by atoms with E-state index < -0.39 is 19.1 Å². The number of allylic oxidation sites excluding steroid dienone is 1. The summed E-state index contributed by atoms with van der Waals surface area (Å²) in [5, 5.41) is 57.9. The molecule has 0 fully saturated rings. The topological polar surface area (TPSA) is 460 Å². The maximum atomic E-state index is 12.9. The molecule has 0 bridgehead atoms. The highest BCUT2D eigenvalue weighted by Gasteiger charge is 2.21. The first-order valence-electron chi connectivity index (χ1n) is 34.9. The van der Waals surface area contributed by atoms with E-state index in [4.69, 9.17) is 37.4 Å². The molecule has 0 aliphatic heterocycles. The van der Waals surface area contributed by atoms with E-state index in [1.54, 1.807) is 155 Å². The number of nitrogen functional groups attached to an aromatic ring is 2. The number of H-pyrrole nitrogens is 2. The minimum Gasteiger partial charge on any atom is -0.462 e. The number of ketones is 1. The second-order valence-electron chi connectivity index (χ2n) is 26.0. The third-order valence-electron chi connectivity index (χ3n) is 15.3. The molecule has 0 spiro atoms. The van der Waals surface area contributed by atoms with Gasteiger partial charge in [0.1, 0.15) is 17.5 Å². The molecule has 2 aromatic carbocycles. The monoisotopic (exact) mass is 1980 g/mol.